The van der Waals surface area contributed by atoms with E-state index in [0.29, 0.717) is 17.8 Å². The summed E-state index contributed by atoms with van der Waals surface area (Å²) in [5, 5.41) is 2.75. The van der Waals surface area contributed by atoms with Crippen LogP contribution < -0.4 is 4.90 Å². The van der Waals surface area contributed by atoms with Crippen molar-refractivity contribution in [2.75, 3.05) is 4.90 Å². The van der Waals surface area contributed by atoms with Gasteiger partial charge in [0.05, 0.1) is 28.1 Å². The van der Waals surface area contributed by atoms with Crippen LogP contribution >= 0.6 is 0 Å². The molecule has 236 valence electrons. The quantitative estimate of drug-likeness (QED) is 0.191. The van der Waals surface area contributed by atoms with Crippen LogP contribution in [-0.4, -0.2) is 4.57 Å². The predicted octanol–water partition coefficient (Wildman–Crippen LogP) is 12.8. The molecule has 0 N–H and O–H groups in total. The van der Waals surface area contributed by atoms with Gasteiger partial charge in [-0.05, 0) is 119 Å². The molecule has 48 heavy (non-hydrogen) atoms. The van der Waals surface area contributed by atoms with Crippen LogP contribution in [0.2, 0.25) is 0 Å². The molecule has 5 aliphatic carbocycles. The molecule has 5 aromatic rings. The van der Waals surface area contributed by atoms with Crippen molar-refractivity contribution in [1.82, 2.24) is 4.57 Å². The van der Waals surface area contributed by atoms with Gasteiger partial charge in [0.25, 0.3) is 0 Å². The number of aromatic nitrogens is 1. The van der Waals surface area contributed by atoms with E-state index in [1.54, 1.807) is 0 Å². The van der Waals surface area contributed by atoms with Gasteiger partial charge in [0.1, 0.15) is 0 Å². The number of allylic oxidation sites excluding steroid dienone is 7. The number of rotatable bonds is 3. The zero-order valence-electron chi connectivity index (χ0n) is 27.7. The summed E-state index contributed by atoms with van der Waals surface area (Å²) < 4.78 is 2.66. The van der Waals surface area contributed by atoms with Gasteiger partial charge >= 0.3 is 0 Å². The molecule has 0 radical (unpaired) electrons. The average Bonchev–Trinajstić information content (AvgIpc) is 3.49. The van der Waals surface area contributed by atoms with Gasteiger partial charge in [0.15, 0.2) is 0 Å². The lowest BCUT2D eigenvalue weighted by molar-refractivity contribution is 0.443. The third-order valence-electron chi connectivity index (χ3n) is 12.8. The third-order valence-corrected chi connectivity index (χ3v) is 12.8. The van der Waals surface area contributed by atoms with E-state index in [1.807, 2.05) is 0 Å². The molecule has 2 heterocycles. The highest BCUT2D eigenvalue weighted by Gasteiger charge is 2.34. The number of hydrogen-bond acceptors (Lipinski definition) is 1. The lowest BCUT2D eigenvalue weighted by Crippen LogP contribution is -2.21. The molecule has 0 bridgehead atoms. The maximum Gasteiger partial charge on any atom is 0.0783 e. The van der Waals surface area contributed by atoms with E-state index < -0.39 is 0 Å². The lowest BCUT2D eigenvalue weighted by atomic mass is 9.71. The molecule has 2 nitrogen and oxygen atoms in total. The second-order valence-corrected chi connectivity index (χ2v) is 15.3. The summed E-state index contributed by atoms with van der Waals surface area (Å²) in [5.41, 5.74) is 18.3. The van der Waals surface area contributed by atoms with Crippen LogP contribution in [0.25, 0.3) is 33.6 Å². The van der Waals surface area contributed by atoms with Crippen molar-refractivity contribution in [2.45, 2.75) is 88.4 Å². The summed E-state index contributed by atoms with van der Waals surface area (Å²) in [6.07, 6.45) is 28.5. The number of fused-ring (bicyclic) bond motifs is 5. The van der Waals surface area contributed by atoms with Gasteiger partial charge in [0.2, 0.25) is 0 Å². The SMILES string of the molecule is C1=CC2=CCc3cc(N4c5ccc(C6CCCCC6)cc5-n5c6cc(C7CCCCC7)ccc6c6cccc4c65)cc4c3C2C(=C1)C=C4. The Hall–Kier alpha value is -4.56. The molecule has 2 saturated carbocycles. The minimum Gasteiger partial charge on any atom is -0.306 e. The number of hydrogen-bond donors (Lipinski definition) is 0. The van der Waals surface area contributed by atoms with E-state index in [2.05, 4.69) is 113 Å². The van der Waals surface area contributed by atoms with Gasteiger partial charge < -0.3 is 9.47 Å². The molecule has 0 spiro atoms. The standard InChI is InChI=1S/C46H42N2/c1-3-9-29(10-4-1)33-21-23-38-39-15-8-16-41-46(39)48(42(38)27-33)43-28-34(30-11-5-2-6-12-30)22-24-40(43)47(41)37-25-35-19-17-31-13-7-14-32-18-20-36(26-37)45(35)44(31)32/h7-8,13-19,21-30,44H,1-6,9-12,20H2. The summed E-state index contributed by atoms with van der Waals surface area (Å²) >= 11 is 0. The predicted molar refractivity (Wildman–Crippen MR) is 201 cm³/mol. The Morgan fingerprint density at radius 2 is 1.40 bits per heavy atom. The Labute approximate surface area is 283 Å². The van der Waals surface area contributed by atoms with Gasteiger partial charge in [-0.25, -0.2) is 0 Å². The Balaban J connectivity index is 1.16. The molecule has 0 saturated heterocycles. The van der Waals surface area contributed by atoms with Crippen LogP contribution in [0.4, 0.5) is 17.1 Å². The fourth-order valence-corrected chi connectivity index (χ4v) is 10.4. The summed E-state index contributed by atoms with van der Waals surface area (Å²) in [4.78, 5) is 2.60. The summed E-state index contributed by atoms with van der Waals surface area (Å²) in [7, 11) is 0. The third kappa shape index (κ3) is 3.92. The van der Waals surface area contributed by atoms with Crippen LogP contribution in [0.3, 0.4) is 0 Å². The Morgan fingerprint density at radius 1 is 0.604 bits per heavy atom. The molecule has 1 unspecified atom stereocenters. The van der Waals surface area contributed by atoms with Gasteiger partial charge in [-0.2, -0.15) is 0 Å². The van der Waals surface area contributed by atoms with E-state index in [1.165, 1.54) is 148 Å². The minimum atomic E-state index is 0.379. The fraction of sp³-hybridized carbons (Fsp3) is 0.304. The molecule has 11 rings (SSSR count). The molecule has 6 aliphatic rings. The first kappa shape index (κ1) is 27.4. The smallest absolute Gasteiger partial charge is 0.0783 e. The first-order valence-corrected chi connectivity index (χ1v) is 18.7. The van der Waals surface area contributed by atoms with E-state index in [-0.39, 0.29) is 0 Å². The van der Waals surface area contributed by atoms with E-state index >= 15 is 0 Å². The summed E-state index contributed by atoms with van der Waals surface area (Å²) in [5.74, 6) is 1.73. The number of anilines is 3. The van der Waals surface area contributed by atoms with Crippen LogP contribution in [0.1, 0.15) is 110 Å². The average molecular weight is 623 g/mol. The van der Waals surface area contributed by atoms with Crippen LogP contribution in [0, 0.1) is 0 Å². The fourth-order valence-electron chi connectivity index (χ4n) is 10.4. The first-order chi connectivity index (χ1) is 23.8. The van der Waals surface area contributed by atoms with Crippen molar-refractivity contribution in [3.8, 4) is 5.69 Å². The van der Waals surface area contributed by atoms with Crippen molar-refractivity contribution < 1.29 is 0 Å². The second kappa shape index (κ2) is 10.5. The van der Waals surface area contributed by atoms with Crippen molar-refractivity contribution in [3.05, 3.63) is 136 Å². The largest absolute Gasteiger partial charge is 0.306 e. The molecule has 4 aromatic carbocycles. The highest BCUT2D eigenvalue weighted by molar-refractivity contribution is 6.16. The Morgan fingerprint density at radius 3 is 2.23 bits per heavy atom. The van der Waals surface area contributed by atoms with Gasteiger partial charge in [-0.15, -0.1) is 0 Å². The Kier molecular flexibility index (Phi) is 5.97. The number of benzene rings is 4. The number of nitrogens with zero attached hydrogens (tertiary/aromatic N) is 2. The number of para-hydroxylation sites is 1. The summed E-state index contributed by atoms with van der Waals surface area (Å²) in [6, 6.07) is 27.0. The maximum atomic E-state index is 2.66. The molecular formula is C46H42N2. The van der Waals surface area contributed by atoms with Crippen molar-refractivity contribution in [2.24, 2.45) is 0 Å². The van der Waals surface area contributed by atoms with Crippen molar-refractivity contribution in [3.63, 3.8) is 0 Å². The van der Waals surface area contributed by atoms with E-state index in [9.17, 15) is 0 Å². The van der Waals surface area contributed by atoms with Gasteiger partial charge in [-0.3, -0.25) is 0 Å². The van der Waals surface area contributed by atoms with Gasteiger partial charge in [0, 0.05) is 22.4 Å². The lowest BCUT2D eigenvalue weighted by Gasteiger charge is -2.37. The van der Waals surface area contributed by atoms with Crippen LogP contribution in [0.5, 0.6) is 0 Å². The van der Waals surface area contributed by atoms with Gasteiger partial charge in [-0.1, -0.05) is 105 Å². The molecule has 2 heteroatoms. The molecule has 1 aliphatic heterocycles. The zero-order chi connectivity index (χ0) is 31.3. The highest BCUT2D eigenvalue weighted by Crippen LogP contribution is 2.53. The Bertz CT molecular complexity index is 2290. The highest BCUT2D eigenvalue weighted by atomic mass is 15.2. The molecule has 1 atom stereocenters. The molecule has 1 aromatic heterocycles. The van der Waals surface area contributed by atoms with Crippen molar-refractivity contribution in [1.29, 1.82) is 0 Å². The maximum absolute atomic E-state index is 2.66. The minimum absolute atomic E-state index is 0.379. The monoisotopic (exact) mass is 622 g/mol. The van der Waals surface area contributed by atoms with Crippen LogP contribution in [0.15, 0.2) is 108 Å². The first-order valence-electron chi connectivity index (χ1n) is 18.7. The second-order valence-electron chi connectivity index (χ2n) is 15.3. The molecule has 2 fully saturated rings. The van der Waals surface area contributed by atoms with Crippen molar-refractivity contribution >= 4 is 44.9 Å². The topological polar surface area (TPSA) is 8.17 Å². The van der Waals surface area contributed by atoms with Crippen LogP contribution in [-0.2, 0) is 6.42 Å². The summed E-state index contributed by atoms with van der Waals surface area (Å²) in [6.45, 7) is 0. The zero-order valence-corrected chi connectivity index (χ0v) is 27.7. The normalized spacial score (nSPS) is 21.3. The molecular weight excluding hydrogens is 581 g/mol. The molecule has 0 amide bonds. The van der Waals surface area contributed by atoms with E-state index in [4.69, 9.17) is 0 Å². The van der Waals surface area contributed by atoms with E-state index in [0.717, 1.165) is 6.42 Å².